The van der Waals surface area contributed by atoms with Crippen molar-refractivity contribution in [1.29, 1.82) is 0 Å². The van der Waals surface area contributed by atoms with Crippen LogP contribution in [0.2, 0.25) is 0 Å². The molecule has 0 radical (unpaired) electrons. The van der Waals surface area contributed by atoms with E-state index in [0.29, 0.717) is 6.42 Å². The lowest BCUT2D eigenvalue weighted by Crippen LogP contribution is -2.03. The highest BCUT2D eigenvalue weighted by atomic mass is 32.2. The fourth-order valence-corrected chi connectivity index (χ4v) is 2.06. The van der Waals surface area contributed by atoms with Crippen LogP contribution in [0.25, 0.3) is 0 Å². The minimum absolute atomic E-state index is 0.115. The predicted octanol–water partition coefficient (Wildman–Crippen LogP) is 3.41. The van der Waals surface area contributed by atoms with Crippen molar-refractivity contribution < 1.29 is 13.0 Å². The molecule has 0 aliphatic rings. The Balaban J connectivity index is 3.23. The van der Waals surface area contributed by atoms with Gasteiger partial charge in [-0.1, -0.05) is 32.6 Å². The first-order valence-electron chi connectivity index (χ1n) is 6.47. The number of hydrogen-bond acceptors (Lipinski definition) is 2. The predicted molar refractivity (Wildman–Crippen MR) is 71.4 cm³/mol. The largest absolute Gasteiger partial charge is 0.286 e. The molecule has 100 valence electrons. The smallest absolute Gasteiger partial charge is 0.264 e. The topological polar surface area (TPSA) is 54.4 Å². The standard InChI is InChI=1S/C13H24O3S/c1-2-3-4-5-6-7-8-9-10-11-12-13-17(14,15)16/h2-5,8-13H2,1H3,(H,14,15,16). The van der Waals surface area contributed by atoms with E-state index in [4.69, 9.17) is 4.55 Å². The Hall–Kier alpha value is -0.530. The van der Waals surface area contributed by atoms with Crippen molar-refractivity contribution in [1.82, 2.24) is 0 Å². The highest BCUT2D eigenvalue weighted by molar-refractivity contribution is 7.85. The van der Waals surface area contributed by atoms with E-state index in [1.807, 2.05) is 0 Å². The molecule has 0 aromatic carbocycles. The van der Waals surface area contributed by atoms with E-state index in [9.17, 15) is 8.42 Å². The molecule has 0 saturated heterocycles. The Bertz CT molecular complexity index is 322. The van der Waals surface area contributed by atoms with Gasteiger partial charge < -0.3 is 0 Å². The normalized spacial score (nSPS) is 10.9. The summed E-state index contributed by atoms with van der Waals surface area (Å²) in [7, 11) is -3.76. The lowest BCUT2D eigenvalue weighted by Gasteiger charge is -1.97. The van der Waals surface area contributed by atoms with Gasteiger partial charge in [-0.2, -0.15) is 8.42 Å². The Labute approximate surface area is 106 Å². The average molecular weight is 260 g/mol. The van der Waals surface area contributed by atoms with E-state index in [1.165, 1.54) is 19.3 Å². The van der Waals surface area contributed by atoms with Crippen LogP contribution in [0.1, 0.15) is 64.7 Å². The van der Waals surface area contributed by atoms with Gasteiger partial charge in [0.2, 0.25) is 0 Å². The molecule has 0 aromatic heterocycles. The van der Waals surface area contributed by atoms with Gasteiger partial charge in [0.25, 0.3) is 10.1 Å². The molecule has 0 atom stereocenters. The molecule has 0 unspecified atom stereocenters. The number of rotatable bonds is 9. The van der Waals surface area contributed by atoms with Gasteiger partial charge in [-0.25, -0.2) is 0 Å². The fraction of sp³-hybridized carbons (Fsp3) is 0.846. The van der Waals surface area contributed by atoms with Crippen LogP contribution in [0.3, 0.4) is 0 Å². The molecule has 0 aliphatic heterocycles. The lowest BCUT2D eigenvalue weighted by molar-refractivity contribution is 0.479. The second kappa shape index (κ2) is 10.6. The first-order valence-corrected chi connectivity index (χ1v) is 8.08. The van der Waals surface area contributed by atoms with Gasteiger partial charge >= 0.3 is 0 Å². The quantitative estimate of drug-likeness (QED) is 0.392. The summed E-state index contributed by atoms with van der Waals surface area (Å²) in [6.45, 7) is 2.18. The molecule has 1 N–H and O–H groups in total. The molecule has 0 heterocycles. The lowest BCUT2D eigenvalue weighted by atomic mass is 10.1. The van der Waals surface area contributed by atoms with Crippen LogP contribution in [0, 0.1) is 11.8 Å². The van der Waals surface area contributed by atoms with Crippen LogP contribution < -0.4 is 0 Å². The van der Waals surface area contributed by atoms with Crippen molar-refractivity contribution in [3.63, 3.8) is 0 Å². The number of hydrogen-bond donors (Lipinski definition) is 1. The van der Waals surface area contributed by atoms with Crippen LogP contribution >= 0.6 is 0 Å². The number of unbranched alkanes of at least 4 members (excludes halogenated alkanes) is 7. The van der Waals surface area contributed by atoms with Crippen molar-refractivity contribution in [2.45, 2.75) is 64.7 Å². The van der Waals surface area contributed by atoms with Gasteiger partial charge in [0.1, 0.15) is 0 Å². The zero-order valence-electron chi connectivity index (χ0n) is 10.7. The summed E-state index contributed by atoms with van der Waals surface area (Å²) in [5.41, 5.74) is 0. The molecule has 3 nitrogen and oxygen atoms in total. The molecule has 0 amide bonds. The van der Waals surface area contributed by atoms with Gasteiger partial charge in [0.05, 0.1) is 5.75 Å². The molecular formula is C13H24O3S. The first-order chi connectivity index (χ1) is 8.06. The summed E-state index contributed by atoms with van der Waals surface area (Å²) >= 11 is 0. The van der Waals surface area contributed by atoms with E-state index in [0.717, 1.165) is 32.1 Å². The van der Waals surface area contributed by atoms with Crippen LogP contribution in [-0.4, -0.2) is 18.7 Å². The van der Waals surface area contributed by atoms with Gasteiger partial charge in [-0.3, -0.25) is 4.55 Å². The zero-order valence-corrected chi connectivity index (χ0v) is 11.6. The Morgan fingerprint density at radius 1 is 0.882 bits per heavy atom. The SMILES string of the molecule is CCCCCC#CCCCCCCS(=O)(=O)O. The maximum Gasteiger partial charge on any atom is 0.264 e. The van der Waals surface area contributed by atoms with E-state index in [2.05, 4.69) is 18.8 Å². The van der Waals surface area contributed by atoms with E-state index < -0.39 is 10.1 Å². The minimum atomic E-state index is -3.76. The zero-order chi connectivity index (χ0) is 13.0. The monoisotopic (exact) mass is 260 g/mol. The van der Waals surface area contributed by atoms with Crippen molar-refractivity contribution >= 4 is 10.1 Å². The second-order valence-electron chi connectivity index (χ2n) is 4.26. The molecular weight excluding hydrogens is 236 g/mol. The van der Waals surface area contributed by atoms with Crippen LogP contribution in [0.4, 0.5) is 0 Å². The third kappa shape index (κ3) is 15.5. The van der Waals surface area contributed by atoms with E-state index in [1.54, 1.807) is 0 Å². The average Bonchev–Trinajstić information content (AvgIpc) is 2.24. The molecule has 0 spiro atoms. The Morgan fingerprint density at radius 3 is 1.94 bits per heavy atom. The first kappa shape index (κ1) is 16.5. The van der Waals surface area contributed by atoms with Gasteiger partial charge in [0, 0.05) is 12.8 Å². The molecule has 0 saturated carbocycles. The summed E-state index contributed by atoms with van der Waals surface area (Å²) in [5, 5.41) is 0. The summed E-state index contributed by atoms with van der Waals surface area (Å²) in [5.74, 6) is 6.17. The maximum absolute atomic E-state index is 10.4. The maximum atomic E-state index is 10.4. The highest BCUT2D eigenvalue weighted by Crippen LogP contribution is 2.04. The summed E-state index contributed by atoms with van der Waals surface area (Å²) in [6.07, 6.45) is 8.97. The molecule has 17 heavy (non-hydrogen) atoms. The van der Waals surface area contributed by atoms with Crippen LogP contribution in [-0.2, 0) is 10.1 Å². The molecule has 0 aromatic rings. The van der Waals surface area contributed by atoms with Gasteiger partial charge in [0.15, 0.2) is 0 Å². The summed E-state index contributed by atoms with van der Waals surface area (Å²) < 4.78 is 29.4. The third-order valence-corrected chi connectivity index (χ3v) is 3.29. The van der Waals surface area contributed by atoms with Crippen molar-refractivity contribution in [2.75, 3.05) is 5.75 Å². The summed E-state index contributed by atoms with van der Waals surface area (Å²) in [4.78, 5) is 0. The fourth-order valence-electron chi connectivity index (χ4n) is 1.49. The molecule has 4 heteroatoms. The Morgan fingerprint density at radius 2 is 1.41 bits per heavy atom. The third-order valence-electron chi connectivity index (χ3n) is 2.48. The van der Waals surface area contributed by atoms with Crippen molar-refractivity contribution in [3.8, 4) is 11.8 Å². The molecule has 0 bridgehead atoms. The minimum Gasteiger partial charge on any atom is -0.286 e. The molecule has 0 fully saturated rings. The van der Waals surface area contributed by atoms with E-state index in [-0.39, 0.29) is 5.75 Å². The highest BCUT2D eigenvalue weighted by Gasteiger charge is 2.02. The second-order valence-corrected chi connectivity index (χ2v) is 5.83. The van der Waals surface area contributed by atoms with Crippen LogP contribution in [0.15, 0.2) is 0 Å². The van der Waals surface area contributed by atoms with Crippen molar-refractivity contribution in [3.05, 3.63) is 0 Å². The van der Waals surface area contributed by atoms with Crippen LogP contribution in [0.5, 0.6) is 0 Å². The summed E-state index contributed by atoms with van der Waals surface area (Å²) in [6, 6.07) is 0. The molecule has 0 aliphatic carbocycles. The van der Waals surface area contributed by atoms with Gasteiger partial charge in [-0.15, -0.1) is 11.8 Å². The van der Waals surface area contributed by atoms with Crippen molar-refractivity contribution in [2.24, 2.45) is 0 Å². The Kier molecular flexibility index (Phi) is 10.3. The molecule has 0 rings (SSSR count). The van der Waals surface area contributed by atoms with E-state index >= 15 is 0 Å². The van der Waals surface area contributed by atoms with Gasteiger partial charge in [-0.05, 0) is 19.3 Å².